The highest BCUT2D eigenvalue weighted by atomic mass is 16.1. The molecule has 6 heteroatoms. The maximum atomic E-state index is 14.0. The van der Waals surface area contributed by atoms with Crippen LogP contribution in [0.4, 0.5) is 0 Å². The number of hydrogen-bond donors (Lipinski definition) is 0. The van der Waals surface area contributed by atoms with Gasteiger partial charge in [0.2, 0.25) is 11.6 Å². The van der Waals surface area contributed by atoms with Crippen molar-refractivity contribution < 1.29 is 9.59 Å². The second-order valence-corrected chi connectivity index (χ2v) is 9.36. The molecular weight excluding hydrogens is 496 g/mol. The van der Waals surface area contributed by atoms with Crippen LogP contribution in [-0.2, 0) is 0 Å². The summed E-state index contributed by atoms with van der Waals surface area (Å²) in [6.07, 6.45) is 0. The predicted molar refractivity (Wildman–Crippen MR) is 153 cm³/mol. The first-order valence-electron chi connectivity index (χ1n) is 12.8. The fourth-order valence-corrected chi connectivity index (χ4v) is 4.92. The quantitative estimate of drug-likeness (QED) is 0.258. The molecule has 1 aliphatic carbocycles. The first-order valence-corrected chi connectivity index (χ1v) is 12.8. The van der Waals surface area contributed by atoms with Gasteiger partial charge in [-0.05, 0) is 0 Å². The van der Waals surface area contributed by atoms with Gasteiger partial charge in [-0.2, -0.15) is 0 Å². The van der Waals surface area contributed by atoms with Crippen LogP contribution in [0.15, 0.2) is 121 Å². The van der Waals surface area contributed by atoms with Crippen molar-refractivity contribution in [2.45, 2.75) is 0 Å². The highest BCUT2D eigenvalue weighted by molar-refractivity contribution is 6.26. The molecule has 2 aromatic heterocycles. The van der Waals surface area contributed by atoms with E-state index in [0.717, 1.165) is 22.3 Å². The molecule has 7 rings (SSSR count). The third kappa shape index (κ3) is 3.90. The van der Waals surface area contributed by atoms with Gasteiger partial charge in [-0.1, -0.05) is 121 Å². The van der Waals surface area contributed by atoms with Crippen LogP contribution in [0.5, 0.6) is 0 Å². The average molecular weight is 517 g/mol. The number of ketones is 2. The highest BCUT2D eigenvalue weighted by Crippen LogP contribution is 2.36. The molecule has 4 aromatic carbocycles. The number of carbonyl (C=O) groups is 2. The largest absolute Gasteiger partial charge is 0.285 e. The van der Waals surface area contributed by atoms with E-state index in [1.807, 2.05) is 121 Å². The molecule has 0 bridgehead atoms. The van der Waals surface area contributed by atoms with Crippen molar-refractivity contribution >= 4 is 11.6 Å². The SMILES string of the molecule is O=C1c2nc(-c3ccccc3)c(-c3ccccc3)nc2C(=O)c2nc(-c3ccccc3)c(-c3ccccc3)nc21. The predicted octanol–water partition coefficient (Wildman–Crippen LogP) is 6.71. The standard InChI is InChI=1S/C34H20N4O2/c39-33-29-30(36-26(22-15-7-2-8-16-22)25(35-29)21-13-5-1-6-14-21)34(40)32-31(33)37-27(23-17-9-3-10-18-23)28(38-32)24-19-11-4-12-20-24/h1-20H. The molecular formula is C34H20N4O2. The number of hydrogen-bond acceptors (Lipinski definition) is 6. The lowest BCUT2D eigenvalue weighted by molar-refractivity contribution is 0.0964. The van der Waals surface area contributed by atoms with Gasteiger partial charge in [0.25, 0.3) is 0 Å². The lowest BCUT2D eigenvalue weighted by Gasteiger charge is -2.20. The maximum absolute atomic E-state index is 14.0. The van der Waals surface area contributed by atoms with Gasteiger partial charge in [0.15, 0.2) is 0 Å². The summed E-state index contributed by atoms with van der Waals surface area (Å²) in [4.78, 5) is 47.0. The van der Waals surface area contributed by atoms with Crippen molar-refractivity contribution in [2.75, 3.05) is 0 Å². The first kappa shape index (κ1) is 23.5. The summed E-state index contributed by atoms with van der Waals surface area (Å²) in [5.74, 6) is -0.948. The number of carbonyl (C=O) groups excluding carboxylic acids is 2. The molecule has 0 atom stereocenters. The van der Waals surface area contributed by atoms with Gasteiger partial charge in [-0.15, -0.1) is 0 Å². The summed E-state index contributed by atoms with van der Waals surface area (Å²) in [7, 11) is 0. The van der Waals surface area contributed by atoms with Crippen LogP contribution in [0.3, 0.4) is 0 Å². The zero-order chi connectivity index (χ0) is 27.1. The Morgan fingerprint density at radius 1 is 0.275 bits per heavy atom. The van der Waals surface area contributed by atoms with E-state index in [9.17, 15) is 9.59 Å². The molecule has 0 radical (unpaired) electrons. The van der Waals surface area contributed by atoms with E-state index >= 15 is 0 Å². The molecule has 0 amide bonds. The van der Waals surface area contributed by atoms with Crippen molar-refractivity contribution in [2.24, 2.45) is 0 Å². The Hall–Kier alpha value is -5.62. The van der Waals surface area contributed by atoms with Crippen molar-refractivity contribution in [1.82, 2.24) is 19.9 Å². The Balaban J connectivity index is 1.48. The summed E-state index contributed by atoms with van der Waals surface area (Å²) in [6, 6.07) is 38.1. The molecule has 6 aromatic rings. The molecule has 0 fully saturated rings. The van der Waals surface area contributed by atoms with E-state index in [-0.39, 0.29) is 22.8 Å². The summed E-state index contributed by atoms with van der Waals surface area (Å²) in [6.45, 7) is 0. The van der Waals surface area contributed by atoms with Crippen molar-refractivity contribution in [3.8, 4) is 45.0 Å². The van der Waals surface area contributed by atoms with Crippen LogP contribution in [0.25, 0.3) is 45.0 Å². The van der Waals surface area contributed by atoms with Crippen molar-refractivity contribution in [1.29, 1.82) is 0 Å². The summed E-state index contributed by atoms with van der Waals surface area (Å²) in [5.41, 5.74) is 5.18. The smallest absolute Gasteiger partial charge is 0.234 e. The summed E-state index contributed by atoms with van der Waals surface area (Å²) >= 11 is 0. The van der Waals surface area contributed by atoms with Gasteiger partial charge in [0.05, 0.1) is 22.8 Å². The van der Waals surface area contributed by atoms with Crippen LogP contribution in [0.1, 0.15) is 32.4 Å². The third-order valence-corrected chi connectivity index (χ3v) is 6.84. The molecule has 0 aliphatic heterocycles. The molecule has 40 heavy (non-hydrogen) atoms. The van der Waals surface area contributed by atoms with Crippen LogP contribution in [-0.4, -0.2) is 31.5 Å². The van der Waals surface area contributed by atoms with Gasteiger partial charge in [-0.25, -0.2) is 19.9 Å². The Morgan fingerprint density at radius 2 is 0.475 bits per heavy atom. The van der Waals surface area contributed by atoms with Crippen LogP contribution < -0.4 is 0 Å². The molecule has 0 N–H and O–H groups in total. The van der Waals surface area contributed by atoms with Crippen molar-refractivity contribution in [3.63, 3.8) is 0 Å². The first-order chi connectivity index (χ1) is 19.7. The summed E-state index contributed by atoms with van der Waals surface area (Å²) in [5, 5.41) is 0. The maximum Gasteiger partial charge on any atom is 0.234 e. The minimum absolute atomic E-state index is 0.0168. The molecule has 6 nitrogen and oxygen atoms in total. The molecule has 0 unspecified atom stereocenters. The van der Waals surface area contributed by atoms with Crippen LogP contribution in [0, 0.1) is 0 Å². The number of fused-ring (bicyclic) bond motifs is 2. The number of benzene rings is 4. The Kier molecular flexibility index (Phi) is 5.64. The third-order valence-electron chi connectivity index (χ3n) is 6.84. The molecule has 2 heterocycles. The lowest BCUT2D eigenvalue weighted by Crippen LogP contribution is -2.27. The van der Waals surface area contributed by atoms with Gasteiger partial charge < -0.3 is 0 Å². The molecule has 188 valence electrons. The fourth-order valence-electron chi connectivity index (χ4n) is 4.92. The number of nitrogens with zero attached hydrogens (tertiary/aromatic N) is 4. The second kappa shape index (κ2) is 9.60. The van der Waals surface area contributed by atoms with Gasteiger partial charge in [-0.3, -0.25) is 9.59 Å². The van der Waals surface area contributed by atoms with Gasteiger partial charge >= 0.3 is 0 Å². The average Bonchev–Trinajstić information content (AvgIpc) is 3.04. The fraction of sp³-hybridized carbons (Fsp3) is 0. The Bertz CT molecular complexity index is 1630. The van der Waals surface area contributed by atoms with E-state index in [4.69, 9.17) is 19.9 Å². The second-order valence-electron chi connectivity index (χ2n) is 9.36. The van der Waals surface area contributed by atoms with Gasteiger partial charge in [0.1, 0.15) is 22.8 Å². The van der Waals surface area contributed by atoms with E-state index in [1.54, 1.807) is 0 Å². The Morgan fingerprint density at radius 3 is 0.675 bits per heavy atom. The highest BCUT2D eigenvalue weighted by Gasteiger charge is 2.37. The van der Waals surface area contributed by atoms with Crippen molar-refractivity contribution in [3.05, 3.63) is 144 Å². The lowest BCUT2D eigenvalue weighted by atomic mass is 9.94. The van der Waals surface area contributed by atoms with Gasteiger partial charge in [0, 0.05) is 22.3 Å². The number of aromatic nitrogens is 4. The van der Waals surface area contributed by atoms with E-state index in [1.165, 1.54) is 0 Å². The summed E-state index contributed by atoms with van der Waals surface area (Å²) < 4.78 is 0. The Labute approximate surface area is 230 Å². The van der Waals surface area contributed by atoms with Crippen LogP contribution >= 0.6 is 0 Å². The molecule has 0 saturated carbocycles. The zero-order valence-corrected chi connectivity index (χ0v) is 21.2. The minimum atomic E-state index is -0.474. The normalized spacial score (nSPS) is 12.1. The van der Waals surface area contributed by atoms with E-state index in [2.05, 4.69) is 0 Å². The molecule has 1 aliphatic rings. The zero-order valence-electron chi connectivity index (χ0n) is 21.2. The van der Waals surface area contributed by atoms with Crippen LogP contribution in [0.2, 0.25) is 0 Å². The molecule has 0 saturated heterocycles. The minimum Gasteiger partial charge on any atom is -0.285 e. The van der Waals surface area contributed by atoms with E-state index < -0.39 is 11.6 Å². The monoisotopic (exact) mass is 516 g/mol. The topological polar surface area (TPSA) is 85.7 Å². The number of rotatable bonds is 4. The van der Waals surface area contributed by atoms with E-state index in [0.29, 0.717) is 22.8 Å². The molecule has 0 spiro atoms.